The molecular formula is C6H9F3N2O2. The van der Waals surface area contributed by atoms with Gasteiger partial charge in [0.25, 0.3) is 0 Å². The van der Waals surface area contributed by atoms with E-state index in [1.165, 1.54) is 6.92 Å². The first-order chi connectivity index (χ1) is 5.91. The summed E-state index contributed by atoms with van der Waals surface area (Å²) in [5.41, 5.74) is -1.34. The molecule has 0 aliphatic rings. The highest BCUT2D eigenvalue weighted by Crippen LogP contribution is 2.19. The van der Waals surface area contributed by atoms with Crippen molar-refractivity contribution in [2.45, 2.75) is 19.5 Å². The lowest BCUT2D eigenvalue weighted by atomic mass is 10.2. The Morgan fingerprint density at radius 2 is 2.08 bits per heavy atom. The molecule has 0 aromatic rings. The number of hydrogen-bond acceptors (Lipinski definition) is 4. The van der Waals surface area contributed by atoms with Crippen LogP contribution in [0.2, 0.25) is 0 Å². The molecule has 0 saturated carbocycles. The first kappa shape index (κ1) is 11.7. The SMILES string of the molecule is CCOC(=O)C/C(=N/N)C(F)(F)F. The number of alkyl halides is 3. The Kier molecular flexibility index (Phi) is 4.22. The molecule has 0 atom stereocenters. The van der Waals surface area contributed by atoms with E-state index in [9.17, 15) is 18.0 Å². The minimum atomic E-state index is -4.68. The van der Waals surface area contributed by atoms with Crippen molar-refractivity contribution in [2.24, 2.45) is 10.9 Å². The molecule has 4 nitrogen and oxygen atoms in total. The maximum Gasteiger partial charge on any atom is 0.431 e. The second-order valence-corrected chi connectivity index (χ2v) is 2.06. The number of esters is 1. The lowest BCUT2D eigenvalue weighted by Crippen LogP contribution is -2.27. The van der Waals surface area contributed by atoms with Gasteiger partial charge in [0.05, 0.1) is 13.0 Å². The van der Waals surface area contributed by atoms with E-state index < -0.39 is 24.3 Å². The predicted octanol–water partition coefficient (Wildman–Crippen LogP) is 0.817. The average Bonchev–Trinajstić information content (AvgIpc) is 1.98. The summed E-state index contributed by atoms with van der Waals surface area (Å²) in [6.07, 6.45) is -5.63. The van der Waals surface area contributed by atoms with Crippen LogP contribution in [0.4, 0.5) is 13.2 Å². The van der Waals surface area contributed by atoms with E-state index in [1.807, 2.05) is 0 Å². The fraction of sp³-hybridized carbons (Fsp3) is 0.667. The fourth-order valence-electron chi connectivity index (χ4n) is 0.568. The zero-order valence-corrected chi connectivity index (χ0v) is 6.89. The number of halogens is 3. The summed E-state index contributed by atoms with van der Waals surface area (Å²) in [4.78, 5) is 10.6. The molecule has 0 aliphatic carbocycles. The van der Waals surface area contributed by atoms with Crippen LogP contribution in [0.15, 0.2) is 5.10 Å². The van der Waals surface area contributed by atoms with E-state index in [4.69, 9.17) is 0 Å². The average molecular weight is 198 g/mol. The standard InChI is InChI=1S/C6H9F3N2O2/c1-2-13-5(12)3-4(11-10)6(7,8)9/h2-3,10H2,1H3/b11-4-. The van der Waals surface area contributed by atoms with E-state index in [0.29, 0.717) is 0 Å². The molecule has 0 spiro atoms. The molecule has 0 saturated heterocycles. The number of ether oxygens (including phenoxy) is 1. The van der Waals surface area contributed by atoms with Gasteiger partial charge in [0, 0.05) is 0 Å². The molecule has 0 fully saturated rings. The smallest absolute Gasteiger partial charge is 0.431 e. The van der Waals surface area contributed by atoms with Crippen molar-refractivity contribution in [3.63, 3.8) is 0 Å². The van der Waals surface area contributed by atoms with Gasteiger partial charge in [-0.25, -0.2) is 0 Å². The second kappa shape index (κ2) is 4.68. The van der Waals surface area contributed by atoms with Crippen LogP contribution in [0.1, 0.15) is 13.3 Å². The molecule has 0 amide bonds. The summed E-state index contributed by atoms with van der Waals surface area (Å²) in [5.74, 6) is 3.47. The van der Waals surface area contributed by atoms with Crippen LogP contribution in [0, 0.1) is 0 Å². The van der Waals surface area contributed by atoms with Gasteiger partial charge in [0.2, 0.25) is 0 Å². The molecule has 0 radical (unpaired) electrons. The van der Waals surface area contributed by atoms with Gasteiger partial charge in [-0.1, -0.05) is 0 Å². The Morgan fingerprint density at radius 1 is 1.54 bits per heavy atom. The summed E-state index contributed by atoms with van der Waals surface area (Å²) >= 11 is 0. The zero-order valence-electron chi connectivity index (χ0n) is 6.89. The Balaban J connectivity index is 4.25. The van der Waals surface area contributed by atoms with Gasteiger partial charge in [-0.2, -0.15) is 18.3 Å². The van der Waals surface area contributed by atoms with Crippen LogP contribution in [0.25, 0.3) is 0 Å². The molecule has 0 rings (SSSR count). The van der Waals surface area contributed by atoms with Gasteiger partial charge in [-0.15, -0.1) is 0 Å². The van der Waals surface area contributed by atoms with Gasteiger partial charge < -0.3 is 10.6 Å². The van der Waals surface area contributed by atoms with Gasteiger partial charge in [0.15, 0.2) is 5.71 Å². The third-order valence-corrected chi connectivity index (χ3v) is 1.10. The maximum atomic E-state index is 11.9. The third-order valence-electron chi connectivity index (χ3n) is 1.10. The van der Waals surface area contributed by atoms with E-state index in [2.05, 4.69) is 15.7 Å². The van der Waals surface area contributed by atoms with Crippen LogP contribution in [-0.4, -0.2) is 24.5 Å². The number of hydrogen-bond donors (Lipinski definition) is 1. The monoisotopic (exact) mass is 198 g/mol. The lowest BCUT2D eigenvalue weighted by Gasteiger charge is -2.07. The Morgan fingerprint density at radius 3 is 2.38 bits per heavy atom. The number of carbonyl (C=O) groups is 1. The summed E-state index contributed by atoms with van der Waals surface area (Å²) < 4.78 is 40.0. The Hall–Kier alpha value is -1.27. The number of rotatable bonds is 3. The molecule has 0 aromatic carbocycles. The number of hydrazone groups is 1. The third kappa shape index (κ3) is 4.34. The van der Waals surface area contributed by atoms with Crippen molar-refractivity contribution in [1.82, 2.24) is 0 Å². The van der Waals surface area contributed by atoms with Crippen molar-refractivity contribution in [2.75, 3.05) is 6.61 Å². The van der Waals surface area contributed by atoms with Gasteiger partial charge in [-0.3, -0.25) is 4.79 Å². The van der Waals surface area contributed by atoms with Crippen molar-refractivity contribution in [3.05, 3.63) is 0 Å². The van der Waals surface area contributed by atoms with E-state index in [1.54, 1.807) is 0 Å². The number of carbonyl (C=O) groups excluding carboxylic acids is 1. The quantitative estimate of drug-likeness (QED) is 0.316. The first-order valence-corrected chi connectivity index (χ1v) is 3.41. The van der Waals surface area contributed by atoms with Crippen LogP contribution >= 0.6 is 0 Å². The summed E-state index contributed by atoms with van der Waals surface area (Å²) in [7, 11) is 0. The molecular weight excluding hydrogens is 189 g/mol. The van der Waals surface area contributed by atoms with Gasteiger partial charge >= 0.3 is 12.1 Å². The molecule has 0 bridgehead atoms. The second-order valence-electron chi connectivity index (χ2n) is 2.06. The fourth-order valence-corrected chi connectivity index (χ4v) is 0.568. The van der Waals surface area contributed by atoms with Crippen molar-refractivity contribution in [3.8, 4) is 0 Å². The van der Waals surface area contributed by atoms with Crippen LogP contribution in [-0.2, 0) is 9.53 Å². The molecule has 0 aliphatic heterocycles. The largest absolute Gasteiger partial charge is 0.466 e. The summed E-state index contributed by atoms with van der Waals surface area (Å²) in [6, 6.07) is 0. The van der Waals surface area contributed by atoms with Crippen LogP contribution in [0.3, 0.4) is 0 Å². The molecule has 0 aromatic heterocycles. The minimum absolute atomic E-state index is 0.0224. The molecule has 13 heavy (non-hydrogen) atoms. The summed E-state index contributed by atoms with van der Waals surface area (Å²) in [5, 5.41) is 2.47. The van der Waals surface area contributed by atoms with Crippen LogP contribution in [0.5, 0.6) is 0 Å². The molecule has 0 heterocycles. The summed E-state index contributed by atoms with van der Waals surface area (Å²) in [6.45, 7) is 1.51. The highest BCUT2D eigenvalue weighted by molar-refractivity contribution is 6.01. The number of nitrogens with zero attached hydrogens (tertiary/aromatic N) is 1. The van der Waals surface area contributed by atoms with E-state index in [0.717, 1.165) is 0 Å². The molecule has 76 valence electrons. The van der Waals surface area contributed by atoms with Gasteiger partial charge in [0.1, 0.15) is 0 Å². The topological polar surface area (TPSA) is 64.7 Å². The molecule has 0 unspecified atom stereocenters. The Labute approximate surface area is 72.5 Å². The normalized spacial score (nSPS) is 12.8. The van der Waals surface area contributed by atoms with Crippen molar-refractivity contribution in [1.29, 1.82) is 0 Å². The predicted molar refractivity (Wildman–Crippen MR) is 38.9 cm³/mol. The van der Waals surface area contributed by atoms with E-state index in [-0.39, 0.29) is 6.61 Å². The van der Waals surface area contributed by atoms with Gasteiger partial charge in [-0.05, 0) is 6.92 Å². The molecule has 7 heteroatoms. The molecule has 2 N–H and O–H groups in total. The maximum absolute atomic E-state index is 11.9. The van der Waals surface area contributed by atoms with Crippen molar-refractivity contribution < 1.29 is 22.7 Å². The number of nitrogens with two attached hydrogens (primary N) is 1. The Bertz CT molecular complexity index is 212. The highest BCUT2D eigenvalue weighted by atomic mass is 19.4. The first-order valence-electron chi connectivity index (χ1n) is 3.41. The van der Waals surface area contributed by atoms with Crippen molar-refractivity contribution >= 4 is 11.7 Å². The van der Waals surface area contributed by atoms with Crippen LogP contribution < -0.4 is 5.84 Å². The highest BCUT2D eigenvalue weighted by Gasteiger charge is 2.37. The minimum Gasteiger partial charge on any atom is -0.466 e. The zero-order chi connectivity index (χ0) is 10.5. The lowest BCUT2D eigenvalue weighted by molar-refractivity contribution is -0.142. The van der Waals surface area contributed by atoms with E-state index >= 15 is 0 Å².